The van der Waals surface area contributed by atoms with E-state index in [1.165, 1.54) is 53.4 Å². The van der Waals surface area contributed by atoms with Gasteiger partial charge >= 0.3 is 0 Å². The molecule has 0 saturated heterocycles. The van der Waals surface area contributed by atoms with Crippen LogP contribution >= 0.6 is 11.8 Å². The predicted molar refractivity (Wildman–Crippen MR) is 183 cm³/mol. The second-order valence-electron chi connectivity index (χ2n) is 11.5. The van der Waals surface area contributed by atoms with Crippen molar-refractivity contribution >= 4 is 78.2 Å². The molecule has 44 heavy (non-hydrogen) atoms. The van der Waals surface area contributed by atoms with Crippen LogP contribution in [0, 0.1) is 0 Å². The number of aromatic nitrogens is 2. The molecule has 9 rings (SSSR count). The average Bonchev–Trinajstić information content (AvgIpc) is 3.53. The summed E-state index contributed by atoms with van der Waals surface area (Å²) in [4.78, 5) is 18.1. The van der Waals surface area contributed by atoms with E-state index in [0.717, 1.165) is 17.1 Å². The average molecular weight is 586 g/mol. The van der Waals surface area contributed by atoms with Gasteiger partial charge in [-0.15, -0.1) is 0 Å². The second-order valence-corrected chi connectivity index (χ2v) is 12.5. The maximum Gasteiger partial charge on any atom is 0.193 e. The van der Waals surface area contributed by atoms with E-state index in [1.807, 2.05) is 54.2 Å². The number of anilines is 3. The Balaban J connectivity index is 1.29. The molecule has 0 spiro atoms. The fourth-order valence-corrected chi connectivity index (χ4v) is 8.23. The molecule has 4 nitrogen and oxygen atoms in total. The summed E-state index contributed by atoms with van der Waals surface area (Å²) in [7, 11) is 4.32. The Labute approximate surface area is 258 Å². The van der Waals surface area contributed by atoms with Crippen molar-refractivity contribution in [3.63, 3.8) is 0 Å². The number of carbonyl (C=O) groups excluding carboxylic acids is 1. The molecule has 1 aliphatic rings. The third-order valence-corrected chi connectivity index (χ3v) is 10.3. The van der Waals surface area contributed by atoms with Gasteiger partial charge in [0.15, 0.2) is 5.78 Å². The number of hydrogen-bond donors (Lipinski definition) is 0. The Hall–Kier alpha value is -5.26. The van der Waals surface area contributed by atoms with Crippen molar-refractivity contribution in [2.75, 3.05) is 4.90 Å². The Morgan fingerprint density at radius 3 is 1.93 bits per heavy atom. The topological polar surface area (TPSA) is 30.2 Å². The van der Waals surface area contributed by atoms with Crippen LogP contribution < -0.4 is 4.90 Å². The lowest BCUT2D eigenvalue weighted by molar-refractivity contribution is 0.103. The molecule has 0 radical (unpaired) electrons. The van der Waals surface area contributed by atoms with Crippen LogP contribution in [0.4, 0.5) is 17.1 Å². The molecule has 0 unspecified atom stereocenters. The number of fused-ring (bicyclic) bond motifs is 9. The normalized spacial score (nSPS) is 12.7. The Morgan fingerprint density at radius 2 is 1.18 bits per heavy atom. The molecule has 1 aliphatic heterocycles. The van der Waals surface area contributed by atoms with Crippen LogP contribution in [-0.2, 0) is 14.1 Å². The summed E-state index contributed by atoms with van der Waals surface area (Å²) in [6.45, 7) is 0. The van der Waals surface area contributed by atoms with Crippen molar-refractivity contribution in [1.82, 2.24) is 9.13 Å². The van der Waals surface area contributed by atoms with Gasteiger partial charge < -0.3 is 14.0 Å². The van der Waals surface area contributed by atoms with Gasteiger partial charge in [0.25, 0.3) is 0 Å². The van der Waals surface area contributed by atoms with Gasteiger partial charge in [-0.2, -0.15) is 0 Å². The monoisotopic (exact) mass is 585 g/mol. The van der Waals surface area contributed by atoms with Gasteiger partial charge in [-0.3, -0.25) is 4.79 Å². The second kappa shape index (κ2) is 9.37. The van der Waals surface area contributed by atoms with Crippen LogP contribution in [0.3, 0.4) is 0 Å². The van der Waals surface area contributed by atoms with Crippen LogP contribution in [0.5, 0.6) is 0 Å². The van der Waals surface area contributed by atoms with Gasteiger partial charge in [-0.1, -0.05) is 84.6 Å². The highest BCUT2D eigenvalue weighted by molar-refractivity contribution is 8.00. The van der Waals surface area contributed by atoms with Crippen LogP contribution in [0.1, 0.15) is 15.9 Å². The van der Waals surface area contributed by atoms with Gasteiger partial charge in [0, 0.05) is 68.4 Å². The van der Waals surface area contributed by atoms with E-state index in [2.05, 4.69) is 113 Å². The van der Waals surface area contributed by atoms with E-state index in [4.69, 9.17) is 0 Å². The molecule has 0 amide bonds. The highest BCUT2D eigenvalue weighted by atomic mass is 32.2. The van der Waals surface area contributed by atoms with E-state index in [-0.39, 0.29) is 5.78 Å². The number of benzene rings is 6. The minimum Gasteiger partial charge on any atom is -0.344 e. The first-order chi connectivity index (χ1) is 21.6. The Morgan fingerprint density at radius 1 is 0.545 bits per heavy atom. The van der Waals surface area contributed by atoms with Crippen LogP contribution in [-0.4, -0.2) is 14.9 Å². The van der Waals surface area contributed by atoms with E-state index >= 15 is 0 Å². The first-order valence-corrected chi connectivity index (χ1v) is 15.6. The van der Waals surface area contributed by atoms with Crippen molar-refractivity contribution < 1.29 is 4.79 Å². The zero-order valence-corrected chi connectivity index (χ0v) is 25.1. The van der Waals surface area contributed by atoms with Crippen LogP contribution in [0.15, 0.2) is 137 Å². The molecule has 0 fully saturated rings. The molecule has 0 saturated carbocycles. The smallest absolute Gasteiger partial charge is 0.193 e. The van der Waals surface area contributed by atoms with E-state index in [0.29, 0.717) is 11.1 Å². The number of carbonyl (C=O) groups is 1. The molecule has 0 bridgehead atoms. The minimum absolute atomic E-state index is 0.0292. The maximum atomic E-state index is 13.2. The Bertz CT molecular complexity index is 2450. The maximum absolute atomic E-state index is 13.2. The van der Waals surface area contributed by atoms with Gasteiger partial charge in [0.1, 0.15) is 0 Å². The largest absolute Gasteiger partial charge is 0.344 e. The fourth-order valence-electron chi connectivity index (χ4n) is 6.97. The zero-order valence-electron chi connectivity index (χ0n) is 24.3. The van der Waals surface area contributed by atoms with Gasteiger partial charge in [0.05, 0.1) is 27.3 Å². The molecule has 8 aromatic rings. The summed E-state index contributed by atoms with van der Waals surface area (Å²) >= 11 is 1.85. The first-order valence-electron chi connectivity index (χ1n) is 14.8. The summed E-state index contributed by atoms with van der Waals surface area (Å²) in [5.74, 6) is 0.0292. The van der Waals surface area contributed by atoms with Crippen molar-refractivity contribution in [1.29, 1.82) is 0 Å². The summed E-state index contributed by atoms with van der Waals surface area (Å²) in [6, 6.07) is 44.0. The zero-order chi connectivity index (χ0) is 29.5. The van der Waals surface area contributed by atoms with Crippen LogP contribution in [0.2, 0.25) is 0 Å². The quantitative estimate of drug-likeness (QED) is 0.193. The van der Waals surface area contributed by atoms with Gasteiger partial charge in [0.2, 0.25) is 0 Å². The Kier molecular flexibility index (Phi) is 5.38. The minimum atomic E-state index is 0.0292. The molecular formula is C39H27N3OS. The summed E-state index contributed by atoms with van der Waals surface area (Å²) in [5.41, 5.74) is 9.55. The third-order valence-electron chi connectivity index (χ3n) is 9.11. The summed E-state index contributed by atoms with van der Waals surface area (Å²) < 4.78 is 4.62. The van der Waals surface area contributed by atoms with Crippen LogP contribution in [0.25, 0.3) is 43.6 Å². The molecule has 6 aromatic carbocycles. The number of aryl methyl sites for hydroxylation is 2. The molecule has 0 N–H and O–H groups in total. The molecule has 0 aliphatic carbocycles. The van der Waals surface area contributed by atoms with Crippen molar-refractivity contribution in [3.8, 4) is 0 Å². The van der Waals surface area contributed by atoms with Gasteiger partial charge in [-0.05, 0) is 54.6 Å². The van der Waals surface area contributed by atoms with Crippen molar-refractivity contribution in [3.05, 3.63) is 139 Å². The number of para-hydroxylation sites is 2. The molecule has 210 valence electrons. The SMILES string of the molecule is Cn1c2ccccc2c2cc3c(cc21)N(c1ccc(C(=O)c2ccccc2)cc1)c1ccc2c4ccccc4n(C)c2c1S3. The highest BCUT2D eigenvalue weighted by Gasteiger charge is 2.30. The lowest BCUT2D eigenvalue weighted by Crippen LogP contribution is -2.16. The molecule has 0 atom stereocenters. The third kappa shape index (κ3) is 3.50. The standard InChI is InChI=1S/C39H27N3OS/c1-40-31-14-8-7-13-28(31)30-22-36-35(23-34(30)40)42(26-18-16-25(17-19-26)38(43)24-10-4-3-5-11-24)33-21-20-29-27-12-6-9-15-32(27)41(2)37(29)39(33)44-36/h3-23H,1-2H3. The van der Waals surface area contributed by atoms with E-state index in [9.17, 15) is 4.79 Å². The molecule has 5 heteroatoms. The molecular weight excluding hydrogens is 559 g/mol. The lowest BCUT2D eigenvalue weighted by atomic mass is 10.0. The van der Waals surface area contributed by atoms with Gasteiger partial charge in [-0.25, -0.2) is 0 Å². The molecule has 2 aromatic heterocycles. The summed E-state index contributed by atoms with van der Waals surface area (Å²) in [5, 5.41) is 5.04. The molecule has 3 heterocycles. The lowest BCUT2D eigenvalue weighted by Gasteiger charge is -2.33. The van der Waals surface area contributed by atoms with Crippen molar-refractivity contribution in [2.45, 2.75) is 9.79 Å². The first kappa shape index (κ1) is 25.3. The number of nitrogens with zero attached hydrogens (tertiary/aromatic N) is 3. The summed E-state index contributed by atoms with van der Waals surface area (Å²) in [6.07, 6.45) is 0. The number of rotatable bonds is 3. The highest BCUT2D eigenvalue weighted by Crippen LogP contribution is 2.55. The van der Waals surface area contributed by atoms with E-state index in [1.54, 1.807) is 0 Å². The predicted octanol–water partition coefficient (Wildman–Crippen LogP) is 10.1. The fraction of sp³-hybridized carbons (Fsp3) is 0.0513. The van der Waals surface area contributed by atoms with Crippen molar-refractivity contribution in [2.24, 2.45) is 14.1 Å². The number of hydrogen-bond acceptors (Lipinski definition) is 3. The van der Waals surface area contributed by atoms with E-state index < -0.39 is 0 Å². The number of ketones is 1.